The number of hydrogen-bond donors (Lipinski definition) is 2. The molecule has 0 saturated carbocycles. The van der Waals surface area contributed by atoms with Crippen LogP contribution in [-0.4, -0.2) is 29.4 Å². The summed E-state index contributed by atoms with van der Waals surface area (Å²) in [5, 5.41) is 16.7. The molecule has 0 aromatic rings. The molecular weight excluding hydrogens is 148 g/mol. The van der Waals surface area contributed by atoms with Crippen molar-refractivity contribution in [3.63, 3.8) is 0 Å². The minimum absolute atomic E-state index is 0.00479. The fourth-order valence-corrected chi connectivity index (χ4v) is 0.396. The zero-order chi connectivity index (χ0) is 8.69. The van der Waals surface area contributed by atoms with Crippen LogP contribution in [0.2, 0.25) is 0 Å². The molecule has 0 aliphatic rings. The van der Waals surface area contributed by atoms with E-state index < -0.39 is 5.97 Å². The van der Waals surface area contributed by atoms with Crippen molar-refractivity contribution in [1.29, 1.82) is 0 Å². The summed E-state index contributed by atoms with van der Waals surface area (Å²) in [5.41, 5.74) is 0.155. The fraction of sp³-hybridized carbons (Fsp3) is 0.571. The quantitative estimate of drug-likeness (QED) is 0.270. The Balaban J connectivity index is 3.53. The van der Waals surface area contributed by atoms with E-state index in [1.54, 1.807) is 0 Å². The van der Waals surface area contributed by atoms with E-state index in [-0.39, 0.29) is 18.8 Å². The first kappa shape index (κ1) is 9.97. The van der Waals surface area contributed by atoms with Gasteiger partial charge in [0.25, 0.3) is 0 Å². The Morgan fingerprint density at radius 1 is 1.64 bits per heavy atom. The summed E-state index contributed by atoms with van der Waals surface area (Å²) in [6.45, 7) is 1.62. The van der Waals surface area contributed by atoms with Crippen LogP contribution in [0.3, 0.4) is 0 Å². The third kappa shape index (κ3) is 4.38. The summed E-state index contributed by atoms with van der Waals surface area (Å²) < 4.78 is 4.61. The van der Waals surface area contributed by atoms with E-state index in [1.807, 2.05) is 0 Å². The number of carbonyl (C=O) groups excluding carboxylic acids is 1. The highest BCUT2D eigenvalue weighted by Crippen LogP contribution is 1.94. The van der Waals surface area contributed by atoms with Crippen molar-refractivity contribution in [3.05, 3.63) is 11.8 Å². The van der Waals surface area contributed by atoms with Crippen molar-refractivity contribution in [1.82, 2.24) is 0 Å². The average molecular weight is 160 g/mol. The topological polar surface area (TPSA) is 66.8 Å². The lowest BCUT2D eigenvalue weighted by molar-refractivity contribution is -0.139. The minimum Gasteiger partial charge on any atom is -0.515 e. The summed E-state index contributed by atoms with van der Waals surface area (Å²) >= 11 is 0. The van der Waals surface area contributed by atoms with Gasteiger partial charge in [-0.05, 0) is 6.92 Å². The van der Waals surface area contributed by atoms with E-state index in [2.05, 4.69) is 4.74 Å². The normalized spacial score (nSPS) is 11.3. The predicted octanol–water partition coefficient (Wildman–Crippen LogP) is 0.374. The zero-order valence-corrected chi connectivity index (χ0v) is 6.41. The van der Waals surface area contributed by atoms with Crippen LogP contribution in [0, 0.1) is 0 Å². The molecule has 0 spiro atoms. The molecule has 64 valence electrons. The number of carbonyl (C=O) groups is 1. The first-order valence-corrected chi connectivity index (χ1v) is 3.31. The summed E-state index contributed by atoms with van der Waals surface area (Å²) in [6.07, 6.45) is 1.12. The Kier molecular flexibility index (Phi) is 5.20. The molecule has 0 aromatic carbocycles. The van der Waals surface area contributed by atoms with Gasteiger partial charge >= 0.3 is 5.97 Å². The highest BCUT2D eigenvalue weighted by molar-refractivity contribution is 5.87. The van der Waals surface area contributed by atoms with E-state index in [9.17, 15) is 4.79 Å². The molecule has 0 saturated heterocycles. The Bertz CT molecular complexity index is 151. The van der Waals surface area contributed by atoms with Crippen LogP contribution in [0.4, 0.5) is 0 Å². The van der Waals surface area contributed by atoms with Gasteiger partial charge in [-0.1, -0.05) is 0 Å². The van der Waals surface area contributed by atoms with Gasteiger partial charge in [-0.15, -0.1) is 0 Å². The van der Waals surface area contributed by atoms with Crippen molar-refractivity contribution < 1.29 is 19.7 Å². The lowest BCUT2D eigenvalue weighted by Gasteiger charge is -2.01. The Morgan fingerprint density at radius 3 is 2.73 bits per heavy atom. The third-order valence-corrected chi connectivity index (χ3v) is 1.05. The molecule has 0 rings (SSSR count). The highest BCUT2D eigenvalue weighted by Gasteiger charge is 2.03. The molecule has 2 N–H and O–H groups in total. The van der Waals surface area contributed by atoms with E-state index in [1.165, 1.54) is 6.92 Å². The molecule has 0 radical (unpaired) electrons. The van der Waals surface area contributed by atoms with Crippen LogP contribution in [0.25, 0.3) is 0 Å². The Hall–Kier alpha value is -1.03. The van der Waals surface area contributed by atoms with E-state index in [4.69, 9.17) is 10.2 Å². The molecule has 0 aromatic heterocycles. The third-order valence-electron chi connectivity index (χ3n) is 1.05. The van der Waals surface area contributed by atoms with Gasteiger partial charge in [-0.2, -0.15) is 0 Å². The summed E-state index contributed by atoms with van der Waals surface area (Å²) in [5.74, 6) is -0.555. The lowest BCUT2D eigenvalue weighted by Crippen LogP contribution is -2.07. The van der Waals surface area contributed by atoms with Crippen LogP contribution in [0.5, 0.6) is 0 Å². The van der Waals surface area contributed by atoms with Crippen LogP contribution in [0.1, 0.15) is 13.3 Å². The molecule has 11 heavy (non-hydrogen) atoms. The van der Waals surface area contributed by atoms with Crippen LogP contribution in [-0.2, 0) is 9.53 Å². The molecule has 0 fully saturated rings. The van der Waals surface area contributed by atoms with Crippen LogP contribution < -0.4 is 0 Å². The van der Waals surface area contributed by atoms with Gasteiger partial charge < -0.3 is 14.9 Å². The molecule has 0 atom stereocenters. The van der Waals surface area contributed by atoms with Gasteiger partial charge in [0.2, 0.25) is 0 Å². The monoisotopic (exact) mass is 160 g/mol. The van der Waals surface area contributed by atoms with Gasteiger partial charge in [0.15, 0.2) is 0 Å². The first-order valence-electron chi connectivity index (χ1n) is 3.31. The second-order valence-electron chi connectivity index (χ2n) is 2.03. The largest absolute Gasteiger partial charge is 0.515 e. The first-order chi connectivity index (χ1) is 5.22. The van der Waals surface area contributed by atoms with Crippen molar-refractivity contribution in [3.8, 4) is 0 Å². The maximum atomic E-state index is 10.7. The molecule has 0 unspecified atom stereocenters. The smallest absolute Gasteiger partial charge is 0.336 e. The molecule has 0 heterocycles. The van der Waals surface area contributed by atoms with Gasteiger partial charge in [0, 0.05) is 13.0 Å². The van der Waals surface area contributed by atoms with Crippen LogP contribution >= 0.6 is 0 Å². The molecule has 0 amide bonds. The average Bonchev–Trinajstić information content (AvgIpc) is 2.03. The molecular formula is C7H12O4. The van der Waals surface area contributed by atoms with E-state index in [0.717, 1.165) is 0 Å². The molecule has 4 heteroatoms. The summed E-state index contributed by atoms with van der Waals surface area (Å²) in [4.78, 5) is 10.7. The van der Waals surface area contributed by atoms with Gasteiger partial charge in [0.1, 0.15) is 0 Å². The number of aliphatic hydroxyl groups is 2. The van der Waals surface area contributed by atoms with Crippen molar-refractivity contribution in [2.45, 2.75) is 13.3 Å². The van der Waals surface area contributed by atoms with Crippen molar-refractivity contribution in [2.75, 3.05) is 13.2 Å². The fourth-order valence-electron chi connectivity index (χ4n) is 0.396. The van der Waals surface area contributed by atoms with Gasteiger partial charge in [0.05, 0.1) is 18.4 Å². The second-order valence-corrected chi connectivity index (χ2v) is 2.03. The maximum Gasteiger partial charge on any atom is 0.336 e. The number of hydrogen-bond acceptors (Lipinski definition) is 4. The van der Waals surface area contributed by atoms with E-state index in [0.29, 0.717) is 12.7 Å². The zero-order valence-electron chi connectivity index (χ0n) is 6.41. The molecule has 0 bridgehead atoms. The second kappa shape index (κ2) is 5.73. The summed E-state index contributed by atoms with van der Waals surface area (Å²) in [6, 6.07) is 0. The number of ether oxygens (including phenoxy) is 1. The van der Waals surface area contributed by atoms with Gasteiger partial charge in [-0.3, -0.25) is 0 Å². The van der Waals surface area contributed by atoms with Crippen molar-refractivity contribution in [2.24, 2.45) is 0 Å². The van der Waals surface area contributed by atoms with Crippen LogP contribution in [0.15, 0.2) is 11.8 Å². The predicted molar refractivity (Wildman–Crippen MR) is 39.0 cm³/mol. The summed E-state index contributed by atoms with van der Waals surface area (Å²) in [7, 11) is 0. The number of rotatable bonds is 4. The van der Waals surface area contributed by atoms with Crippen molar-refractivity contribution >= 4 is 5.97 Å². The Labute approximate surface area is 65.1 Å². The molecule has 0 aliphatic heterocycles. The maximum absolute atomic E-state index is 10.7. The molecule has 4 nitrogen and oxygen atoms in total. The highest BCUT2D eigenvalue weighted by atomic mass is 16.5. The molecule has 0 aliphatic carbocycles. The SMILES string of the molecule is CC(=CO)C(=O)OCCCO. The lowest BCUT2D eigenvalue weighted by atomic mass is 10.3. The Morgan fingerprint density at radius 2 is 2.27 bits per heavy atom. The number of aliphatic hydroxyl groups excluding tert-OH is 2. The number of esters is 1. The minimum atomic E-state index is -0.555. The van der Waals surface area contributed by atoms with Gasteiger partial charge in [-0.25, -0.2) is 4.79 Å². The standard InChI is InChI=1S/C7H12O4/c1-6(5-9)7(10)11-4-2-3-8/h5,8-9H,2-4H2,1H3. The van der Waals surface area contributed by atoms with E-state index >= 15 is 0 Å².